The van der Waals surface area contributed by atoms with Crippen molar-refractivity contribution in [3.63, 3.8) is 0 Å². The predicted octanol–water partition coefficient (Wildman–Crippen LogP) is 2.96. The van der Waals surface area contributed by atoms with Gasteiger partial charge in [0, 0.05) is 25.2 Å². The molecule has 6 rings (SSSR count). The van der Waals surface area contributed by atoms with Crippen molar-refractivity contribution in [1.29, 1.82) is 0 Å². The van der Waals surface area contributed by atoms with E-state index in [9.17, 15) is 13.2 Å². The molecule has 1 N–H and O–H groups in total. The number of benzene rings is 1. The van der Waals surface area contributed by atoms with Crippen LogP contribution in [-0.2, 0) is 32.3 Å². The van der Waals surface area contributed by atoms with Gasteiger partial charge in [-0.3, -0.25) is 5.10 Å². The molecule has 13 heteroatoms. The quantitative estimate of drug-likeness (QED) is 0.476. The molecule has 2 aromatic heterocycles. The van der Waals surface area contributed by atoms with Crippen LogP contribution in [0.25, 0.3) is 11.3 Å². The summed E-state index contributed by atoms with van der Waals surface area (Å²) < 4.78 is 56.6. The van der Waals surface area contributed by atoms with E-state index in [1.165, 1.54) is 16.4 Å². The first-order valence-electron chi connectivity index (χ1n) is 11.5. The summed E-state index contributed by atoms with van der Waals surface area (Å²) in [5.74, 6) is 0.343. The number of nitrogens with one attached hydrogen (secondary N) is 1. The molecule has 3 aromatic rings. The van der Waals surface area contributed by atoms with Gasteiger partial charge in [-0.1, -0.05) is 11.3 Å². The van der Waals surface area contributed by atoms with Crippen molar-refractivity contribution in [3.8, 4) is 33.6 Å². The zero-order valence-corrected chi connectivity index (χ0v) is 21.0. The number of hydrogen-bond acceptors (Lipinski definition) is 10. The Morgan fingerprint density at radius 1 is 1.19 bits per heavy atom. The van der Waals surface area contributed by atoms with E-state index in [1.807, 2.05) is 0 Å². The van der Waals surface area contributed by atoms with Gasteiger partial charge in [0.15, 0.2) is 22.3 Å². The third-order valence-electron chi connectivity index (χ3n) is 6.28. The van der Waals surface area contributed by atoms with Crippen molar-refractivity contribution in [2.24, 2.45) is 0 Å². The molecule has 1 fully saturated rings. The van der Waals surface area contributed by atoms with Gasteiger partial charge in [0.1, 0.15) is 9.77 Å². The van der Waals surface area contributed by atoms with E-state index in [0.717, 1.165) is 28.2 Å². The number of rotatable bonds is 6. The Morgan fingerprint density at radius 2 is 1.97 bits per heavy atom. The highest BCUT2D eigenvalue weighted by Crippen LogP contribution is 2.50. The first-order valence-corrected chi connectivity index (χ1v) is 13.8. The second-order valence-corrected chi connectivity index (χ2v) is 11.2. The standard InChI is InChI=1S/C23H23N3O8S2/c1-2-31-22(27)21-14-4-3-13-11-24-25-20(13)19(14)23(35-21)34-17-9-15-16(33-12-32-15)10-18(17)36(28,29)26-5-7-30-8-6-26/h9-11H,2-8,12H2,1H3,(H,24,25). The molecule has 4 heterocycles. The Kier molecular flexibility index (Phi) is 5.86. The number of thiophene rings is 1. The molecule has 190 valence electrons. The summed E-state index contributed by atoms with van der Waals surface area (Å²) in [4.78, 5) is 13.2. The summed E-state index contributed by atoms with van der Waals surface area (Å²) in [5.41, 5.74) is 3.22. The summed E-state index contributed by atoms with van der Waals surface area (Å²) >= 11 is 1.13. The fourth-order valence-electron chi connectivity index (χ4n) is 4.56. The molecule has 0 radical (unpaired) electrons. The van der Waals surface area contributed by atoms with E-state index < -0.39 is 16.0 Å². The fraction of sp³-hybridized carbons (Fsp3) is 0.391. The summed E-state index contributed by atoms with van der Waals surface area (Å²) in [6.45, 7) is 3.05. The summed E-state index contributed by atoms with van der Waals surface area (Å²) in [6, 6.07) is 2.94. The van der Waals surface area contributed by atoms with Crippen LogP contribution in [0.15, 0.2) is 23.2 Å². The second kappa shape index (κ2) is 9.07. The average molecular weight is 534 g/mol. The Morgan fingerprint density at radius 3 is 2.75 bits per heavy atom. The first kappa shape index (κ1) is 23.3. The molecule has 0 bridgehead atoms. The van der Waals surface area contributed by atoms with Crippen LogP contribution >= 0.6 is 11.3 Å². The van der Waals surface area contributed by atoms with Crippen LogP contribution in [0.3, 0.4) is 0 Å². The molecule has 1 aliphatic carbocycles. The number of hydrogen-bond donors (Lipinski definition) is 1. The van der Waals surface area contributed by atoms with Gasteiger partial charge in [-0.05, 0) is 30.9 Å². The zero-order chi connectivity index (χ0) is 24.9. The highest BCUT2D eigenvalue weighted by Gasteiger charge is 2.35. The molecule has 0 spiro atoms. The zero-order valence-electron chi connectivity index (χ0n) is 19.4. The summed E-state index contributed by atoms with van der Waals surface area (Å²) in [6.07, 6.45) is 3.07. The minimum atomic E-state index is -3.94. The number of H-pyrrole nitrogens is 1. The van der Waals surface area contributed by atoms with Gasteiger partial charge in [-0.2, -0.15) is 9.40 Å². The van der Waals surface area contributed by atoms with E-state index in [0.29, 0.717) is 53.1 Å². The number of carbonyl (C=O) groups is 1. The summed E-state index contributed by atoms with van der Waals surface area (Å²) in [7, 11) is -3.94. The van der Waals surface area contributed by atoms with Gasteiger partial charge in [-0.25, -0.2) is 13.2 Å². The minimum absolute atomic E-state index is 0.0191. The largest absolute Gasteiger partial charge is 0.462 e. The van der Waals surface area contributed by atoms with Crippen molar-refractivity contribution in [2.45, 2.75) is 24.7 Å². The van der Waals surface area contributed by atoms with Crippen LogP contribution in [0.2, 0.25) is 0 Å². The van der Waals surface area contributed by atoms with Crippen LogP contribution in [0, 0.1) is 0 Å². The molecule has 1 aromatic carbocycles. The molecular formula is C23H23N3O8S2. The number of sulfonamides is 1. The summed E-state index contributed by atoms with van der Waals surface area (Å²) in [5, 5.41) is 7.54. The number of nitrogens with zero attached hydrogens (tertiary/aromatic N) is 2. The van der Waals surface area contributed by atoms with Gasteiger partial charge in [0.05, 0.1) is 37.3 Å². The Labute approximate surface area is 210 Å². The van der Waals surface area contributed by atoms with Gasteiger partial charge >= 0.3 is 5.97 Å². The topological polar surface area (TPSA) is 129 Å². The number of carbonyl (C=O) groups excluding carboxylic acids is 1. The van der Waals surface area contributed by atoms with E-state index in [2.05, 4.69) is 10.2 Å². The number of aryl methyl sites for hydroxylation is 1. The third kappa shape index (κ3) is 3.82. The maximum Gasteiger partial charge on any atom is 0.348 e. The number of morpholine rings is 1. The molecule has 11 nitrogen and oxygen atoms in total. The number of aromatic nitrogens is 2. The molecule has 36 heavy (non-hydrogen) atoms. The highest BCUT2D eigenvalue weighted by molar-refractivity contribution is 7.89. The first-order chi connectivity index (χ1) is 17.5. The van der Waals surface area contributed by atoms with E-state index in [-0.39, 0.29) is 37.1 Å². The van der Waals surface area contributed by atoms with Gasteiger partial charge in [0.2, 0.25) is 16.8 Å². The van der Waals surface area contributed by atoms with Crippen LogP contribution in [0.5, 0.6) is 22.3 Å². The predicted molar refractivity (Wildman–Crippen MR) is 127 cm³/mol. The van der Waals surface area contributed by atoms with Crippen molar-refractivity contribution >= 4 is 27.3 Å². The smallest absolute Gasteiger partial charge is 0.348 e. The van der Waals surface area contributed by atoms with Crippen LogP contribution < -0.4 is 14.2 Å². The normalized spacial score (nSPS) is 16.9. The number of ether oxygens (including phenoxy) is 5. The fourth-order valence-corrected chi connectivity index (χ4v) is 7.19. The van der Waals surface area contributed by atoms with E-state index in [4.69, 9.17) is 23.7 Å². The van der Waals surface area contributed by atoms with Crippen molar-refractivity contribution in [3.05, 3.63) is 34.3 Å². The number of esters is 1. The lowest BCUT2D eigenvalue weighted by molar-refractivity contribution is 0.0531. The molecule has 2 aliphatic heterocycles. The number of aromatic amines is 1. The molecular weight excluding hydrogens is 510 g/mol. The lowest BCUT2D eigenvalue weighted by Gasteiger charge is -2.27. The lowest BCUT2D eigenvalue weighted by Crippen LogP contribution is -2.40. The third-order valence-corrected chi connectivity index (χ3v) is 9.29. The van der Waals surface area contributed by atoms with E-state index in [1.54, 1.807) is 13.1 Å². The average Bonchev–Trinajstić information content (AvgIpc) is 3.62. The number of fused-ring (bicyclic) bond motifs is 4. The van der Waals surface area contributed by atoms with E-state index >= 15 is 0 Å². The van der Waals surface area contributed by atoms with Gasteiger partial charge < -0.3 is 23.7 Å². The maximum atomic E-state index is 13.6. The van der Waals surface area contributed by atoms with Crippen molar-refractivity contribution in [1.82, 2.24) is 14.5 Å². The molecule has 1 saturated heterocycles. The Bertz CT molecular complexity index is 1440. The van der Waals surface area contributed by atoms with Gasteiger partial charge in [0.25, 0.3) is 0 Å². The van der Waals surface area contributed by atoms with Crippen LogP contribution in [0.1, 0.15) is 27.7 Å². The molecule has 3 aliphatic rings. The SMILES string of the molecule is CCOC(=O)c1sc(Oc2cc3c(cc2S(=O)(=O)N2CCOCC2)OCO3)c2c1CCc1cn[nH]c1-2. The molecule has 0 saturated carbocycles. The molecule has 0 amide bonds. The Balaban J connectivity index is 1.48. The highest BCUT2D eigenvalue weighted by atomic mass is 32.2. The monoisotopic (exact) mass is 533 g/mol. The second-order valence-electron chi connectivity index (χ2n) is 8.33. The van der Waals surface area contributed by atoms with Gasteiger partial charge in [-0.15, -0.1) is 0 Å². The minimum Gasteiger partial charge on any atom is -0.462 e. The van der Waals surface area contributed by atoms with Crippen LogP contribution in [-0.4, -0.2) is 68.6 Å². The molecule has 0 unspecified atom stereocenters. The molecule has 0 atom stereocenters. The van der Waals surface area contributed by atoms with Crippen molar-refractivity contribution < 1.29 is 36.9 Å². The lowest BCUT2D eigenvalue weighted by atomic mass is 9.92. The van der Waals surface area contributed by atoms with Crippen molar-refractivity contribution in [2.75, 3.05) is 39.7 Å². The van der Waals surface area contributed by atoms with Crippen LogP contribution in [0.4, 0.5) is 0 Å². The Hall–Kier alpha value is -3.13. The maximum absolute atomic E-state index is 13.6.